The minimum absolute atomic E-state index is 0.114. The fourth-order valence-electron chi connectivity index (χ4n) is 1.08. The third kappa shape index (κ3) is 4.16. The monoisotopic (exact) mass is 231 g/mol. The Labute approximate surface area is 94.2 Å². The first-order valence-electron chi connectivity index (χ1n) is 4.70. The van der Waals surface area contributed by atoms with E-state index in [1.807, 2.05) is 13.8 Å². The lowest BCUT2D eigenvalue weighted by Gasteiger charge is -2.18. The van der Waals surface area contributed by atoms with E-state index in [4.69, 9.17) is 22.1 Å². The number of hydrogen-bond acceptors (Lipinski definition) is 2. The molecule has 0 radical (unpaired) electrons. The zero-order valence-corrected chi connectivity index (χ0v) is 9.64. The topological polar surface area (TPSA) is 35.2 Å². The van der Waals surface area contributed by atoms with Gasteiger partial charge < -0.3 is 10.5 Å². The molecule has 1 rings (SSSR count). The fourth-order valence-corrected chi connectivity index (χ4v) is 1.28. The second-order valence-electron chi connectivity index (χ2n) is 4.19. The van der Waals surface area contributed by atoms with Gasteiger partial charge in [-0.15, -0.1) is 0 Å². The lowest BCUT2D eigenvalue weighted by molar-refractivity contribution is 0.0832. The van der Waals surface area contributed by atoms with E-state index in [1.165, 1.54) is 6.07 Å². The Morgan fingerprint density at radius 2 is 2.13 bits per heavy atom. The van der Waals surface area contributed by atoms with E-state index < -0.39 is 11.4 Å². The van der Waals surface area contributed by atoms with Crippen LogP contribution in [0.25, 0.3) is 0 Å². The lowest BCUT2D eigenvalue weighted by Crippen LogP contribution is -2.37. The van der Waals surface area contributed by atoms with Gasteiger partial charge in [0.1, 0.15) is 5.82 Å². The quantitative estimate of drug-likeness (QED) is 0.865. The Kier molecular flexibility index (Phi) is 4.08. The molecule has 0 atom stereocenters. The average Bonchev–Trinajstić information content (AvgIpc) is 2.10. The summed E-state index contributed by atoms with van der Waals surface area (Å²) in [6.07, 6.45) is 0. The summed E-state index contributed by atoms with van der Waals surface area (Å²) in [7, 11) is 0. The summed E-state index contributed by atoms with van der Waals surface area (Å²) in [6.45, 7) is 4.26. The standard InChI is InChI=1S/C11H15ClFNO/c1-11(2,14)7-15-6-8-4-3-5-9(12)10(8)13/h3-5H,6-7,14H2,1-2H3. The normalized spacial score (nSPS) is 11.8. The Morgan fingerprint density at radius 1 is 1.47 bits per heavy atom. The minimum Gasteiger partial charge on any atom is -0.375 e. The molecule has 0 saturated heterocycles. The number of hydrogen-bond donors (Lipinski definition) is 1. The third-order valence-corrected chi connectivity index (χ3v) is 2.06. The summed E-state index contributed by atoms with van der Waals surface area (Å²) in [4.78, 5) is 0. The highest BCUT2D eigenvalue weighted by Gasteiger charge is 2.12. The zero-order valence-electron chi connectivity index (χ0n) is 8.89. The molecule has 0 aliphatic heterocycles. The van der Waals surface area contributed by atoms with Crippen LogP contribution in [0.4, 0.5) is 4.39 Å². The summed E-state index contributed by atoms with van der Waals surface area (Å²) in [5, 5.41) is 0.114. The van der Waals surface area contributed by atoms with E-state index in [-0.39, 0.29) is 11.6 Å². The molecule has 0 heterocycles. The molecule has 0 aromatic heterocycles. The molecular formula is C11H15ClFNO. The third-order valence-electron chi connectivity index (χ3n) is 1.76. The van der Waals surface area contributed by atoms with Crippen LogP contribution < -0.4 is 5.73 Å². The van der Waals surface area contributed by atoms with Gasteiger partial charge in [-0.3, -0.25) is 0 Å². The van der Waals surface area contributed by atoms with Crippen LogP contribution in [0, 0.1) is 5.82 Å². The van der Waals surface area contributed by atoms with Crippen LogP contribution in [0.5, 0.6) is 0 Å². The first-order valence-corrected chi connectivity index (χ1v) is 5.07. The van der Waals surface area contributed by atoms with E-state index in [0.717, 1.165) is 0 Å². The first kappa shape index (κ1) is 12.4. The molecule has 0 amide bonds. The van der Waals surface area contributed by atoms with E-state index in [1.54, 1.807) is 12.1 Å². The molecule has 0 bridgehead atoms. The summed E-state index contributed by atoms with van der Waals surface area (Å²) in [5.41, 5.74) is 5.77. The van der Waals surface area contributed by atoms with Crippen LogP contribution >= 0.6 is 11.6 Å². The van der Waals surface area contributed by atoms with E-state index >= 15 is 0 Å². The smallest absolute Gasteiger partial charge is 0.147 e. The molecule has 4 heteroatoms. The van der Waals surface area contributed by atoms with Crippen LogP contribution in [0.3, 0.4) is 0 Å². The molecule has 1 aromatic rings. The van der Waals surface area contributed by atoms with Crippen molar-refractivity contribution in [3.8, 4) is 0 Å². The van der Waals surface area contributed by atoms with Crippen molar-refractivity contribution in [1.29, 1.82) is 0 Å². The maximum atomic E-state index is 13.4. The molecule has 0 unspecified atom stereocenters. The number of halogens is 2. The van der Waals surface area contributed by atoms with Crippen molar-refractivity contribution in [3.63, 3.8) is 0 Å². The van der Waals surface area contributed by atoms with Crippen molar-refractivity contribution in [2.45, 2.75) is 26.0 Å². The highest BCUT2D eigenvalue weighted by molar-refractivity contribution is 6.30. The summed E-state index contributed by atoms with van der Waals surface area (Å²) in [5.74, 6) is -0.422. The minimum atomic E-state index is -0.422. The Hall–Kier alpha value is -0.640. The Morgan fingerprint density at radius 3 is 2.73 bits per heavy atom. The molecular weight excluding hydrogens is 217 g/mol. The predicted octanol–water partition coefficient (Wildman–Crippen LogP) is 2.73. The van der Waals surface area contributed by atoms with Crippen LogP contribution in [-0.2, 0) is 11.3 Å². The first-order chi connectivity index (χ1) is 6.90. The number of rotatable bonds is 4. The zero-order chi connectivity index (χ0) is 11.5. The van der Waals surface area contributed by atoms with Crippen LogP contribution in [0.2, 0.25) is 5.02 Å². The molecule has 2 N–H and O–H groups in total. The second-order valence-corrected chi connectivity index (χ2v) is 4.60. The van der Waals surface area contributed by atoms with Crippen molar-refractivity contribution < 1.29 is 9.13 Å². The molecule has 0 saturated carbocycles. The molecule has 84 valence electrons. The van der Waals surface area contributed by atoms with Gasteiger partial charge in [0.2, 0.25) is 0 Å². The van der Waals surface area contributed by atoms with Gasteiger partial charge in [-0.05, 0) is 19.9 Å². The van der Waals surface area contributed by atoms with Gasteiger partial charge in [0.05, 0.1) is 18.2 Å². The highest BCUT2D eigenvalue weighted by atomic mass is 35.5. The maximum Gasteiger partial charge on any atom is 0.147 e. The second kappa shape index (κ2) is 4.92. The molecule has 0 spiro atoms. The SMILES string of the molecule is CC(C)(N)COCc1cccc(Cl)c1F. The fraction of sp³-hybridized carbons (Fsp3) is 0.455. The predicted molar refractivity (Wildman–Crippen MR) is 59.3 cm³/mol. The van der Waals surface area contributed by atoms with E-state index in [2.05, 4.69) is 0 Å². The van der Waals surface area contributed by atoms with Crippen LogP contribution in [0.1, 0.15) is 19.4 Å². The van der Waals surface area contributed by atoms with Crippen molar-refractivity contribution in [1.82, 2.24) is 0 Å². The average molecular weight is 232 g/mol. The summed E-state index contributed by atoms with van der Waals surface area (Å²) >= 11 is 5.63. The van der Waals surface area contributed by atoms with E-state index in [9.17, 15) is 4.39 Å². The largest absolute Gasteiger partial charge is 0.375 e. The number of nitrogens with two attached hydrogens (primary N) is 1. The molecule has 0 aliphatic rings. The molecule has 0 fully saturated rings. The molecule has 1 aromatic carbocycles. The van der Waals surface area contributed by atoms with Gasteiger partial charge in [-0.1, -0.05) is 23.7 Å². The molecule has 2 nitrogen and oxygen atoms in total. The van der Waals surface area contributed by atoms with E-state index in [0.29, 0.717) is 12.2 Å². The van der Waals surface area contributed by atoms with Gasteiger partial charge in [0, 0.05) is 11.1 Å². The van der Waals surface area contributed by atoms with Gasteiger partial charge in [0.15, 0.2) is 0 Å². The van der Waals surface area contributed by atoms with Gasteiger partial charge in [0.25, 0.3) is 0 Å². The van der Waals surface area contributed by atoms with Crippen molar-refractivity contribution in [2.24, 2.45) is 5.73 Å². The number of benzene rings is 1. The summed E-state index contributed by atoms with van der Waals surface area (Å²) in [6, 6.07) is 4.84. The van der Waals surface area contributed by atoms with Crippen LogP contribution in [0.15, 0.2) is 18.2 Å². The Bertz CT molecular complexity index is 336. The Balaban J connectivity index is 2.55. The lowest BCUT2D eigenvalue weighted by atomic mass is 10.1. The van der Waals surface area contributed by atoms with Gasteiger partial charge in [-0.2, -0.15) is 0 Å². The van der Waals surface area contributed by atoms with Crippen molar-refractivity contribution >= 4 is 11.6 Å². The van der Waals surface area contributed by atoms with Crippen molar-refractivity contribution in [3.05, 3.63) is 34.6 Å². The molecule has 0 aliphatic carbocycles. The van der Waals surface area contributed by atoms with Crippen LogP contribution in [-0.4, -0.2) is 12.1 Å². The summed E-state index contributed by atoms with van der Waals surface area (Å²) < 4.78 is 18.7. The van der Waals surface area contributed by atoms with Gasteiger partial charge >= 0.3 is 0 Å². The highest BCUT2D eigenvalue weighted by Crippen LogP contribution is 2.18. The number of ether oxygens (including phenoxy) is 1. The van der Waals surface area contributed by atoms with Gasteiger partial charge in [-0.25, -0.2) is 4.39 Å². The van der Waals surface area contributed by atoms with Crippen molar-refractivity contribution in [2.75, 3.05) is 6.61 Å². The maximum absolute atomic E-state index is 13.4. The molecule has 15 heavy (non-hydrogen) atoms.